The lowest BCUT2D eigenvalue weighted by Crippen LogP contribution is -2.57. The van der Waals surface area contributed by atoms with E-state index in [2.05, 4.69) is 267 Å². The summed E-state index contributed by atoms with van der Waals surface area (Å²) in [5.74, 6) is 4.45. The highest BCUT2D eigenvalue weighted by molar-refractivity contribution is 6.99. The topological polar surface area (TPSA) is 152 Å². The third kappa shape index (κ3) is 8.73. The molecule has 0 aliphatic carbocycles. The van der Waals surface area contributed by atoms with Crippen molar-refractivity contribution in [2.45, 2.75) is 0 Å². The summed E-state index contributed by atoms with van der Waals surface area (Å²) in [7, 11) is 0. The summed E-state index contributed by atoms with van der Waals surface area (Å²) < 4.78 is 37.5. The number of ether oxygens (including phenoxy) is 4. The molecule has 20 aromatic rings. The lowest BCUT2D eigenvalue weighted by molar-refractivity contribution is 0.464. The largest absolute Gasteiger partial charge is 0.458 e. The minimum absolute atomic E-state index is 0.396. The van der Waals surface area contributed by atoms with E-state index in [1.54, 1.807) is 0 Å². The Labute approximate surface area is 651 Å². The molecule has 0 saturated heterocycles. The molecule has 24 rings (SSSR count). The average molecular weight is 1450 g/mol. The fourth-order valence-corrected chi connectivity index (χ4v) is 19.3. The molecule has 0 atom stereocenters. The highest BCUT2D eigenvalue weighted by Crippen LogP contribution is 2.49. The van der Waals surface area contributed by atoms with Gasteiger partial charge in [0.15, 0.2) is 0 Å². The molecule has 0 radical (unpaired) electrons. The van der Waals surface area contributed by atoms with Crippen molar-refractivity contribution in [1.29, 1.82) is 21.0 Å². The van der Waals surface area contributed by atoms with Gasteiger partial charge in [0.05, 0.1) is 101 Å². The first-order valence-corrected chi connectivity index (χ1v) is 37.9. The van der Waals surface area contributed by atoms with Crippen molar-refractivity contribution in [3.05, 3.63) is 338 Å². The molecule has 0 saturated carbocycles. The Morgan fingerprint density at radius 3 is 0.912 bits per heavy atom. The quantitative estimate of drug-likeness (QED) is 0.143. The van der Waals surface area contributed by atoms with E-state index in [9.17, 15) is 21.0 Å². The molecule has 0 fully saturated rings. The molecule has 0 N–H and O–H groups in total. The third-order valence-electron chi connectivity index (χ3n) is 24.0. The van der Waals surface area contributed by atoms with Crippen molar-refractivity contribution in [3.63, 3.8) is 0 Å². The standard InChI is InChI=1S/C100H52B2N8O4/c103-53-58-45-92-74(49-72(58)69-27-7-16-37-84(69)107-78-31-10-1-21-63(78)64-22-2-11-32-79(64)107)101-75-50-73(70-28-8-17-38-85(70)108-80-33-12-3-23-65(80)66-24-4-13-34-81(66)108)59(54-104)46-93(75)114-97-44-57(43-96(113-92)100(97)101)62-30-19-40-87-98(62)71-29-9-18-39-86(71)110(87)89-52-77-95(48-61(89)56-106)112-91-42-20-41-90-99(91)102(77)76-51-88(60(55-105)47-94(76)111-90)109-82-35-14-5-25-67(82)68-26-6-15-36-83(68)109/h1-52H. The van der Waals surface area contributed by atoms with Gasteiger partial charge in [-0.05, 0) is 142 Å². The van der Waals surface area contributed by atoms with Crippen LogP contribution in [0.2, 0.25) is 0 Å². The Morgan fingerprint density at radius 2 is 0.509 bits per heavy atom. The predicted molar refractivity (Wildman–Crippen MR) is 454 cm³/mol. The van der Waals surface area contributed by atoms with Crippen LogP contribution < -0.4 is 51.7 Å². The van der Waals surface area contributed by atoms with Gasteiger partial charge in [-0.25, -0.2) is 0 Å². The van der Waals surface area contributed by atoms with Gasteiger partial charge in [-0.3, -0.25) is 0 Å². The van der Waals surface area contributed by atoms with Crippen LogP contribution in [-0.2, 0) is 0 Å². The number of benzene rings is 16. The first kappa shape index (κ1) is 63.0. The molecule has 14 heteroatoms. The zero-order chi connectivity index (χ0) is 75.3. The zero-order valence-corrected chi connectivity index (χ0v) is 60.4. The first-order valence-electron chi connectivity index (χ1n) is 37.9. The van der Waals surface area contributed by atoms with Gasteiger partial charge in [-0.1, -0.05) is 194 Å². The van der Waals surface area contributed by atoms with E-state index in [1.807, 2.05) is 91.0 Å². The monoisotopic (exact) mass is 1450 g/mol. The Hall–Kier alpha value is -16.0. The molecule has 4 aromatic heterocycles. The van der Waals surface area contributed by atoms with E-state index in [0.717, 1.165) is 170 Å². The summed E-state index contributed by atoms with van der Waals surface area (Å²) in [6.45, 7) is -1.01. The Morgan fingerprint density at radius 1 is 0.219 bits per heavy atom. The van der Waals surface area contributed by atoms with E-state index in [4.69, 9.17) is 18.9 Å². The van der Waals surface area contributed by atoms with Gasteiger partial charge < -0.3 is 37.2 Å². The number of rotatable bonds is 7. The highest BCUT2D eigenvalue weighted by atomic mass is 16.5. The van der Waals surface area contributed by atoms with Crippen molar-refractivity contribution in [2.24, 2.45) is 0 Å². The molecule has 0 spiro atoms. The van der Waals surface area contributed by atoms with Crippen LogP contribution in [0.1, 0.15) is 22.3 Å². The predicted octanol–water partition coefficient (Wildman–Crippen LogP) is 20.0. The maximum Gasteiger partial charge on any atom is 0.260 e. The minimum Gasteiger partial charge on any atom is -0.458 e. The van der Waals surface area contributed by atoms with Crippen molar-refractivity contribution in [2.75, 3.05) is 0 Å². The SMILES string of the molecule is N#Cc1cc2c(cc1-c1ccccc1-n1c3ccccc3c3ccccc31)B1c3cc(-c4ccccc4-n4c5ccccc5c5ccccc54)c(C#N)cc3Oc3cc(-c4cccc5c4c4ccccc4n5-c4cc5c(cc4C#N)Oc4cccc6c4B5c4cc(-n5c7ccccc7c7ccccc75)c(C#N)cc4O6)cc(c31)O2. The lowest BCUT2D eigenvalue weighted by Gasteiger charge is -2.34. The number of para-hydroxylation sites is 9. The second-order valence-electron chi connectivity index (χ2n) is 29.7. The van der Waals surface area contributed by atoms with E-state index in [-0.39, 0.29) is 0 Å². The van der Waals surface area contributed by atoms with E-state index in [1.165, 1.54) is 0 Å². The molecule has 8 heterocycles. The molecule has 0 bridgehead atoms. The number of hydrogen-bond donors (Lipinski definition) is 0. The second kappa shape index (κ2) is 23.8. The van der Waals surface area contributed by atoms with Crippen molar-refractivity contribution in [1.82, 2.24) is 18.3 Å². The van der Waals surface area contributed by atoms with Crippen molar-refractivity contribution < 1.29 is 18.9 Å². The molecular formula is C100H52B2N8O4. The van der Waals surface area contributed by atoms with Crippen molar-refractivity contribution >= 4 is 133 Å². The summed E-state index contributed by atoms with van der Waals surface area (Å²) in [6, 6.07) is 118. The van der Waals surface area contributed by atoms with Gasteiger partial charge in [0, 0.05) is 88.4 Å². The van der Waals surface area contributed by atoms with Gasteiger partial charge in [0.1, 0.15) is 58.1 Å². The minimum atomic E-state index is -0.551. The van der Waals surface area contributed by atoms with E-state index >= 15 is 0 Å². The summed E-state index contributed by atoms with van der Waals surface area (Å²) in [4.78, 5) is 0. The fourth-order valence-electron chi connectivity index (χ4n) is 19.3. The Kier molecular flexibility index (Phi) is 13.1. The van der Waals surface area contributed by atoms with Crippen LogP contribution in [-0.4, -0.2) is 31.7 Å². The van der Waals surface area contributed by atoms with E-state index in [0.29, 0.717) is 73.9 Å². The smallest absolute Gasteiger partial charge is 0.260 e. The fraction of sp³-hybridized carbons (Fsp3) is 0. The molecule has 16 aromatic carbocycles. The number of aromatic nitrogens is 4. The van der Waals surface area contributed by atoms with Crippen LogP contribution in [0.4, 0.5) is 0 Å². The first-order chi connectivity index (χ1) is 56.4. The molecule has 0 amide bonds. The van der Waals surface area contributed by atoms with Gasteiger partial charge in [0.2, 0.25) is 0 Å². The third-order valence-corrected chi connectivity index (χ3v) is 24.0. The van der Waals surface area contributed by atoms with Crippen LogP contribution in [0.3, 0.4) is 0 Å². The second-order valence-corrected chi connectivity index (χ2v) is 29.7. The number of hydrogen-bond acceptors (Lipinski definition) is 8. The highest BCUT2D eigenvalue weighted by Gasteiger charge is 2.45. The molecule has 114 heavy (non-hydrogen) atoms. The Bertz CT molecular complexity index is 7560. The molecule has 522 valence electrons. The summed E-state index contributed by atoms with van der Waals surface area (Å²) in [5.41, 5.74) is 22.5. The van der Waals surface area contributed by atoms with Crippen LogP contribution in [0.5, 0.6) is 46.0 Å². The summed E-state index contributed by atoms with van der Waals surface area (Å²) >= 11 is 0. The van der Waals surface area contributed by atoms with Gasteiger partial charge in [-0.2, -0.15) is 21.0 Å². The number of nitriles is 4. The molecule has 4 aliphatic rings. The maximum atomic E-state index is 11.6. The van der Waals surface area contributed by atoms with Gasteiger partial charge in [0.25, 0.3) is 13.4 Å². The lowest BCUT2D eigenvalue weighted by atomic mass is 9.34. The van der Waals surface area contributed by atoms with Crippen LogP contribution in [0.25, 0.3) is 143 Å². The van der Waals surface area contributed by atoms with Crippen molar-refractivity contribution in [3.8, 4) is 126 Å². The zero-order valence-electron chi connectivity index (χ0n) is 60.4. The van der Waals surface area contributed by atoms with E-state index < -0.39 is 13.4 Å². The molecule has 4 aliphatic heterocycles. The Balaban J connectivity index is 0.701. The summed E-state index contributed by atoms with van der Waals surface area (Å²) in [5, 5.41) is 54.4. The van der Waals surface area contributed by atoms with Gasteiger partial charge in [-0.15, -0.1) is 0 Å². The molecule has 0 unspecified atom stereocenters. The number of fused-ring (bicyclic) bond motifs is 20. The van der Waals surface area contributed by atoms with Crippen LogP contribution >= 0.6 is 0 Å². The normalized spacial score (nSPS) is 12.6. The van der Waals surface area contributed by atoms with Crippen LogP contribution in [0.15, 0.2) is 315 Å². The molecular weight excluding hydrogens is 1400 g/mol. The maximum absolute atomic E-state index is 11.6. The summed E-state index contributed by atoms with van der Waals surface area (Å²) in [6.07, 6.45) is 0. The molecule has 12 nitrogen and oxygen atoms in total. The number of nitrogens with zero attached hydrogens (tertiary/aromatic N) is 8. The van der Waals surface area contributed by atoms with Gasteiger partial charge >= 0.3 is 0 Å². The average Bonchev–Trinajstić information content (AvgIpc) is 0.946. The van der Waals surface area contributed by atoms with Crippen LogP contribution in [0, 0.1) is 45.3 Å².